The molecule has 0 unspecified atom stereocenters. The molecule has 0 saturated carbocycles. The van der Waals surface area contributed by atoms with E-state index in [1.54, 1.807) is 0 Å². The number of aromatic nitrogens is 1. The minimum absolute atomic E-state index is 0.224. The van der Waals surface area contributed by atoms with Crippen LogP contribution in [-0.2, 0) is 10.9 Å². The zero-order valence-corrected chi connectivity index (χ0v) is 13.1. The Morgan fingerprint density at radius 1 is 1.38 bits per heavy atom. The van der Waals surface area contributed by atoms with Crippen LogP contribution in [0.15, 0.2) is 6.20 Å². The van der Waals surface area contributed by atoms with Gasteiger partial charge in [0, 0.05) is 19.7 Å². The van der Waals surface area contributed by atoms with E-state index >= 15 is 0 Å². The Bertz CT molecular complexity index is 440. The third kappa shape index (κ3) is 4.85. The summed E-state index contributed by atoms with van der Waals surface area (Å²) in [7, 11) is 0. The molecule has 1 saturated heterocycles. The van der Waals surface area contributed by atoms with Gasteiger partial charge in [-0.15, -0.1) is 0 Å². The number of hydrogen-bond acceptors (Lipinski definition) is 4. The Balaban J connectivity index is 1.80. The Labute approximate surface area is 127 Å². The molecule has 0 N–H and O–H groups in total. The van der Waals surface area contributed by atoms with Gasteiger partial charge >= 0.3 is 6.18 Å². The summed E-state index contributed by atoms with van der Waals surface area (Å²) in [6, 6.07) is 0. The highest BCUT2D eigenvalue weighted by Gasteiger charge is 2.34. The van der Waals surface area contributed by atoms with Crippen LogP contribution in [-0.4, -0.2) is 30.8 Å². The molecule has 0 amide bonds. The smallest absolute Gasteiger partial charge is 0.378 e. The molecule has 1 aliphatic rings. The van der Waals surface area contributed by atoms with E-state index in [1.807, 2.05) is 4.90 Å². The number of halogens is 3. The number of ether oxygens (including phenoxy) is 1. The van der Waals surface area contributed by atoms with Crippen molar-refractivity contribution < 1.29 is 17.9 Å². The molecule has 1 fully saturated rings. The summed E-state index contributed by atoms with van der Waals surface area (Å²) < 4.78 is 43.5. The number of piperidine rings is 1. The molecule has 2 heterocycles. The molecular formula is C14H21F3N2OS. The third-order valence-corrected chi connectivity index (χ3v) is 4.64. The zero-order valence-electron chi connectivity index (χ0n) is 12.3. The quantitative estimate of drug-likeness (QED) is 0.812. The monoisotopic (exact) mass is 322 g/mol. The summed E-state index contributed by atoms with van der Waals surface area (Å²) in [5, 5.41) is 0.461. The minimum atomic E-state index is -4.30. The van der Waals surface area contributed by atoms with E-state index in [2.05, 4.69) is 18.8 Å². The van der Waals surface area contributed by atoms with Gasteiger partial charge in [-0.2, -0.15) is 13.2 Å². The predicted octanol–water partition coefficient (Wildman–Crippen LogP) is 4.19. The molecule has 0 atom stereocenters. The molecule has 1 aromatic heterocycles. The number of rotatable bonds is 5. The molecule has 120 valence electrons. The van der Waals surface area contributed by atoms with Crippen LogP contribution < -0.4 is 4.90 Å². The first kappa shape index (κ1) is 16.5. The van der Waals surface area contributed by atoms with Gasteiger partial charge in [-0.3, -0.25) is 0 Å². The summed E-state index contributed by atoms with van der Waals surface area (Å²) in [5.74, 6) is 0.626. The second-order valence-corrected chi connectivity index (χ2v) is 6.75. The van der Waals surface area contributed by atoms with Crippen molar-refractivity contribution >= 4 is 16.5 Å². The Morgan fingerprint density at radius 3 is 2.57 bits per heavy atom. The molecular weight excluding hydrogens is 301 g/mol. The first-order valence-corrected chi connectivity index (χ1v) is 8.07. The first-order chi connectivity index (χ1) is 9.86. The summed E-state index contributed by atoms with van der Waals surface area (Å²) >= 11 is 0.718. The van der Waals surface area contributed by atoms with Crippen LogP contribution in [0, 0.1) is 5.92 Å². The largest absolute Gasteiger partial charge is 0.427 e. The molecule has 7 heteroatoms. The molecule has 1 aliphatic heterocycles. The van der Waals surface area contributed by atoms with Crippen LogP contribution in [0.5, 0.6) is 0 Å². The van der Waals surface area contributed by atoms with Crippen LogP contribution in [0.2, 0.25) is 0 Å². The van der Waals surface area contributed by atoms with Crippen molar-refractivity contribution in [1.29, 1.82) is 0 Å². The summed E-state index contributed by atoms with van der Waals surface area (Å²) in [6.07, 6.45) is -0.416. The molecule has 0 aliphatic carbocycles. The van der Waals surface area contributed by atoms with Gasteiger partial charge in [0.2, 0.25) is 0 Å². The summed E-state index contributed by atoms with van der Waals surface area (Å²) in [6.45, 7) is 6.49. The molecule has 0 bridgehead atoms. The lowest BCUT2D eigenvalue weighted by Crippen LogP contribution is -2.37. The third-order valence-electron chi connectivity index (χ3n) is 3.53. The van der Waals surface area contributed by atoms with Gasteiger partial charge in [-0.1, -0.05) is 25.2 Å². The maximum Gasteiger partial charge on any atom is 0.427 e. The predicted molar refractivity (Wildman–Crippen MR) is 77.8 cm³/mol. The van der Waals surface area contributed by atoms with E-state index < -0.39 is 11.1 Å². The van der Waals surface area contributed by atoms with Crippen molar-refractivity contribution in [3.8, 4) is 0 Å². The molecule has 3 nitrogen and oxygen atoms in total. The second-order valence-electron chi connectivity index (χ2n) is 5.74. The average molecular weight is 322 g/mol. The van der Waals surface area contributed by atoms with E-state index in [-0.39, 0.29) is 6.10 Å². The Kier molecular flexibility index (Phi) is 5.48. The summed E-state index contributed by atoms with van der Waals surface area (Å²) in [5.41, 5.74) is 0. The Hall–Kier alpha value is -0.820. The van der Waals surface area contributed by atoms with E-state index in [0.717, 1.165) is 43.4 Å². The van der Waals surface area contributed by atoms with Crippen molar-refractivity contribution in [1.82, 2.24) is 4.98 Å². The van der Waals surface area contributed by atoms with Gasteiger partial charge < -0.3 is 9.64 Å². The van der Waals surface area contributed by atoms with Crippen molar-refractivity contribution in [2.45, 2.75) is 45.4 Å². The fourth-order valence-corrected chi connectivity index (χ4v) is 3.06. The molecule has 0 spiro atoms. The lowest BCUT2D eigenvalue weighted by molar-refractivity contribution is -0.134. The van der Waals surface area contributed by atoms with Crippen LogP contribution in [0.4, 0.5) is 18.3 Å². The molecule has 2 rings (SSSR count). The van der Waals surface area contributed by atoms with E-state index in [1.165, 1.54) is 0 Å². The molecule has 1 aromatic rings. The topological polar surface area (TPSA) is 25.4 Å². The standard InChI is InChI=1S/C14H21F3N2OS/c1-10(2)5-8-20-11-3-6-19(7-4-11)13-18-9-12(21-13)14(15,16)17/h9-11H,3-8H2,1-2H3. The molecule has 0 radical (unpaired) electrons. The highest BCUT2D eigenvalue weighted by molar-refractivity contribution is 7.15. The van der Waals surface area contributed by atoms with E-state index in [4.69, 9.17) is 4.74 Å². The van der Waals surface area contributed by atoms with Crippen molar-refractivity contribution in [3.63, 3.8) is 0 Å². The highest BCUT2D eigenvalue weighted by Crippen LogP contribution is 2.37. The van der Waals surface area contributed by atoms with Crippen LogP contribution in [0.25, 0.3) is 0 Å². The maximum atomic E-state index is 12.6. The maximum absolute atomic E-state index is 12.6. The number of nitrogens with zero attached hydrogens (tertiary/aromatic N) is 2. The number of anilines is 1. The number of alkyl halides is 3. The fraction of sp³-hybridized carbons (Fsp3) is 0.786. The van der Waals surface area contributed by atoms with Gasteiger partial charge in [-0.25, -0.2) is 4.98 Å². The van der Waals surface area contributed by atoms with Crippen molar-refractivity contribution in [3.05, 3.63) is 11.1 Å². The number of hydrogen-bond donors (Lipinski definition) is 0. The van der Waals surface area contributed by atoms with Gasteiger partial charge in [0.25, 0.3) is 0 Å². The lowest BCUT2D eigenvalue weighted by atomic mass is 10.1. The van der Waals surface area contributed by atoms with Gasteiger partial charge in [0.1, 0.15) is 4.88 Å². The van der Waals surface area contributed by atoms with Gasteiger partial charge in [-0.05, 0) is 25.2 Å². The van der Waals surface area contributed by atoms with Crippen LogP contribution in [0.3, 0.4) is 0 Å². The second kappa shape index (κ2) is 6.96. The first-order valence-electron chi connectivity index (χ1n) is 7.26. The van der Waals surface area contributed by atoms with Crippen LogP contribution in [0.1, 0.15) is 38.0 Å². The summed E-state index contributed by atoms with van der Waals surface area (Å²) in [4.78, 5) is 5.19. The zero-order chi connectivity index (χ0) is 15.5. The van der Waals surface area contributed by atoms with E-state index in [0.29, 0.717) is 24.1 Å². The lowest BCUT2D eigenvalue weighted by Gasteiger charge is -2.31. The Morgan fingerprint density at radius 2 is 2.05 bits per heavy atom. The molecule has 21 heavy (non-hydrogen) atoms. The molecule has 0 aromatic carbocycles. The van der Waals surface area contributed by atoms with Crippen molar-refractivity contribution in [2.24, 2.45) is 5.92 Å². The minimum Gasteiger partial charge on any atom is -0.378 e. The van der Waals surface area contributed by atoms with Gasteiger partial charge in [0.15, 0.2) is 5.13 Å². The number of thiazole rings is 1. The van der Waals surface area contributed by atoms with Crippen molar-refractivity contribution in [2.75, 3.05) is 24.6 Å². The van der Waals surface area contributed by atoms with E-state index in [9.17, 15) is 13.2 Å². The van der Waals surface area contributed by atoms with Gasteiger partial charge in [0.05, 0.1) is 12.3 Å². The SMILES string of the molecule is CC(C)CCOC1CCN(c2ncc(C(F)(F)F)s2)CC1. The van der Waals surface area contributed by atoms with Crippen LogP contribution >= 0.6 is 11.3 Å². The highest BCUT2D eigenvalue weighted by atomic mass is 32.1. The fourth-order valence-electron chi connectivity index (χ4n) is 2.23. The average Bonchev–Trinajstić information content (AvgIpc) is 2.88. The normalized spacial score (nSPS) is 17.7.